The summed E-state index contributed by atoms with van der Waals surface area (Å²) in [6, 6.07) is 6.54. The zero-order chi connectivity index (χ0) is 15.3. The van der Waals surface area contributed by atoms with Crippen LogP contribution < -0.4 is 0 Å². The quantitative estimate of drug-likeness (QED) is 0.824. The van der Waals surface area contributed by atoms with Crippen molar-refractivity contribution in [3.8, 4) is 6.07 Å². The van der Waals surface area contributed by atoms with Gasteiger partial charge in [0.1, 0.15) is 5.82 Å². The maximum absolute atomic E-state index is 13.9. The van der Waals surface area contributed by atoms with Crippen LogP contribution in [0.1, 0.15) is 51.2 Å². The second kappa shape index (κ2) is 4.81. The lowest BCUT2D eigenvalue weighted by Gasteiger charge is -2.38. The fraction of sp³-hybridized carbons (Fsp3) is 0.611. The van der Waals surface area contributed by atoms with E-state index >= 15 is 0 Å². The molecule has 1 aromatic carbocycles. The predicted octanol–water partition coefficient (Wildman–Crippen LogP) is 4.43. The van der Waals surface area contributed by atoms with Crippen LogP contribution in [0.3, 0.4) is 0 Å². The van der Waals surface area contributed by atoms with Gasteiger partial charge < -0.3 is 4.74 Å². The first-order valence-corrected chi connectivity index (χ1v) is 7.68. The van der Waals surface area contributed by atoms with Crippen molar-refractivity contribution in [2.75, 3.05) is 0 Å². The van der Waals surface area contributed by atoms with Crippen LogP contribution >= 0.6 is 0 Å². The van der Waals surface area contributed by atoms with Crippen molar-refractivity contribution in [2.45, 2.75) is 52.7 Å². The average Bonchev–Trinajstić information content (AvgIpc) is 2.78. The van der Waals surface area contributed by atoms with Gasteiger partial charge in [0.2, 0.25) is 0 Å². The molecule has 2 saturated carbocycles. The fourth-order valence-electron chi connectivity index (χ4n) is 4.31. The van der Waals surface area contributed by atoms with Crippen LogP contribution in [-0.4, -0.2) is 6.10 Å². The highest BCUT2D eigenvalue weighted by molar-refractivity contribution is 5.32. The first-order valence-electron chi connectivity index (χ1n) is 7.68. The molecule has 2 fully saturated rings. The summed E-state index contributed by atoms with van der Waals surface area (Å²) in [6.45, 7) is 7.30. The molecule has 0 saturated heterocycles. The van der Waals surface area contributed by atoms with Gasteiger partial charge in [0.25, 0.3) is 0 Å². The van der Waals surface area contributed by atoms with Crippen molar-refractivity contribution in [1.82, 2.24) is 0 Å². The Labute approximate surface area is 125 Å². The predicted molar refractivity (Wildman–Crippen MR) is 78.9 cm³/mol. The topological polar surface area (TPSA) is 33.0 Å². The number of hydrogen-bond acceptors (Lipinski definition) is 2. The van der Waals surface area contributed by atoms with E-state index in [-0.39, 0.29) is 17.3 Å². The van der Waals surface area contributed by atoms with Gasteiger partial charge in [-0.1, -0.05) is 26.8 Å². The standard InChI is InChI=1S/C18H22FNO/c1-17(2)14-6-7-18(17,3)16(9-14)21-11-13-5-4-12(10-20)8-15(13)19/h4-5,8,14,16H,6-7,9,11H2,1-3H3. The van der Waals surface area contributed by atoms with Crippen LogP contribution in [0.15, 0.2) is 18.2 Å². The first kappa shape index (κ1) is 14.5. The Kier molecular flexibility index (Phi) is 3.33. The van der Waals surface area contributed by atoms with Crippen molar-refractivity contribution in [3.63, 3.8) is 0 Å². The van der Waals surface area contributed by atoms with Crippen molar-refractivity contribution < 1.29 is 9.13 Å². The molecule has 112 valence electrons. The summed E-state index contributed by atoms with van der Waals surface area (Å²) in [5, 5.41) is 8.77. The number of fused-ring (bicyclic) bond motifs is 2. The Morgan fingerprint density at radius 1 is 1.38 bits per heavy atom. The van der Waals surface area contributed by atoms with Crippen LogP contribution in [0, 0.1) is 33.9 Å². The maximum atomic E-state index is 13.9. The normalized spacial score (nSPS) is 33.1. The highest BCUT2D eigenvalue weighted by atomic mass is 19.1. The van der Waals surface area contributed by atoms with Crippen molar-refractivity contribution >= 4 is 0 Å². The largest absolute Gasteiger partial charge is 0.373 e. The lowest BCUT2D eigenvalue weighted by atomic mass is 9.70. The van der Waals surface area contributed by atoms with Gasteiger partial charge in [-0.2, -0.15) is 5.26 Å². The van der Waals surface area contributed by atoms with Crippen LogP contribution in [0.5, 0.6) is 0 Å². The average molecular weight is 287 g/mol. The number of rotatable bonds is 3. The molecular formula is C18H22FNO. The molecular weight excluding hydrogens is 265 g/mol. The zero-order valence-corrected chi connectivity index (χ0v) is 12.9. The number of nitriles is 1. The molecule has 0 spiro atoms. The summed E-state index contributed by atoms with van der Waals surface area (Å²) >= 11 is 0. The van der Waals surface area contributed by atoms with Crippen molar-refractivity contribution in [2.24, 2.45) is 16.7 Å². The van der Waals surface area contributed by atoms with E-state index in [1.165, 1.54) is 18.9 Å². The van der Waals surface area contributed by atoms with Gasteiger partial charge in [-0.05, 0) is 48.1 Å². The molecule has 3 unspecified atom stereocenters. The summed E-state index contributed by atoms with van der Waals surface area (Å²) in [7, 11) is 0. The highest BCUT2D eigenvalue weighted by Crippen LogP contribution is 2.66. The van der Waals surface area contributed by atoms with Gasteiger partial charge >= 0.3 is 0 Å². The molecule has 1 aromatic rings. The minimum Gasteiger partial charge on any atom is -0.373 e. The van der Waals surface area contributed by atoms with E-state index in [1.807, 2.05) is 6.07 Å². The molecule has 3 rings (SSSR count). The molecule has 21 heavy (non-hydrogen) atoms. The molecule has 0 aromatic heterocycles. The SMILES string of the molecule is CC1(C)C2CCC1(C)C(OCc1ccc(C#N)cc1F)C2. The summed E-state index contributed by atoms with van der Waals surface area (Å²) < 4.78 is 20.0. The van der Waals surface area contributed by atoms with Crippen molar-refractivity contribution in [3.05, 3.63) is 35.1 Å². The number of nitrogens with zero attached hydrogens (tertiary/aromatic N) is 1. The third-order valence-electron chi connectivity index (χ3n) is 6.34. The minimum absolute atomic E-state index is 0.195. The fourth-order valence-corrected chi connectivity index (χ4v) is 4.31. The lowest BCUT2D eigenvalue weighted by molar-refractivity contribution is -0.0557. The molecule has 2 aliphatic carbocycles. The number of benzene rings is 1. The van der Waals surface area contributed by atoms with Gasteiger partial charge in [0.15, 0.2) is 0 Å². The molecule has 0 radical (unpaired) electrons. The lowest BCUT2D eigenvalue weighted by Crippen LogP contribution is -2.37. The molecule has 0 heterocycles. The van der Waals surface area contributed by atoms with Gasteiger partial charge in [0.05, 0.1) is 24.3 Å². The van der Waals surface area contributed by atoms with Gasteiger partial charge in [0, 0.05) is 5.56 Å². The van der Waals surface area contributed by atoms with E-state index in [1.54, 1.807) is 12.1 Å². The van der Waals surface area contributed by atoms with Gasteiger partial charge in [-0.3, -0.25) is 0 Å². The van der Waals surface area contributed by atoms with Gasteiger partial charge in [-0.25, -0.2) is 4.39 Å². The third-order valence-corrected chi connectivity index (χ3v) is 6.34. The molecule has 2 bridgehead atoms. The minimum atomic E-state index is -0.346. The summed E-state index contributed by atoms with van der Waals surface area (Å²) in [4.78, 5) is 0. The Morgan fingerprint density at radius 2 is 2.14 bits per heavy atom. The van der Waals surface area contributed by atoms with Crippen molar-refractivity contribution in [1.29, 1.82) is 5.26 Å². The second-order valence-corrected chi connectivity index (χ2v) is 7.33. The van der Waals surface area contributed by atoms with Crippen LogP contribution in [0.25, 0.3) is 0 Å². The molecule has 3 atom stereocenters. The number of hydrogen-bond donors (Lipinski definition) is 0. The monoisotopic (exact) mass is 287 g/mol. The van der Waals surface area contributed by atoms with Crippen LogP contribution in [0.2, 0.25) is 0 Å². The summed E-state index contributed by atoms with van der Waals surface area (Å²) in [5.41, 5.74) is 1.39. The summed E-state index contributed by atoms with van der Waals surface area (Å²) in [6.07, 6.45) is 3.78. The second-order valence-electron chi connectivity index (χ2n) is 7.33. The van der Waals surface area contributed by atoms with E-state index in [0.29, 0.717) is 23.1 Å². The Balaban J connectivity index is 1.71. The Morgan fingerprint density at radius 3 is 2.67 bits per heavy atom. The zero-order valence-electron chi connectivity index (χ0n) is 12.9. The van der Waals surface area contributed by atoms with E-state index < -0.39 is 0 Å². The molecule has 2 nitrogen and oxygen atoms in total. The van der Waals surface area contributed by atoms with E-state index in [4.69, 9.17) is 10.00 Å². The third kappa shape index (κ3) is 2.08. The van der Waals surface area contributed by atoms with Crippen LogP contribution in [-0.2, 0) is 11.3 Å². The molecule has 0 aliphatic heterocycles. The molecule has 0 amide bonds. The first-order chi connectivity index (χ1) is 9.88. The van der Waals surface area contributed by atoms with E-state index in [0.717, 1.165) is 12.3 Å². The van der Waals surface area contributed by atoms with Gasteiger partial charge in [-0.15, -0.1) is 0 Å². The van der Waals surface area contributed by atoms with E-state index in [2.05, 4.69) is 20.8 Å². The molecule has 2 aliphatic rings. The smallest absolute Gasteiger partial charge is 0.130 e. The van der Waals surface area contributed by atoms with Crippen LogP contribution in [0.4, 0.5) is 4.39 Å². The Hall–Kier alpha value is -1.40. The number of halogens is 1. The maximum Gasteiger partial charge on any atom is 0.130 e. The Bertz CT molecular complexity index is 604. The van der Waals surface area contributed by atoms with E-state index in [9.17, 15) is 4.39 Å². The molecule has 3 heteroatoms. The molecule has 0 N–H and O–H groups in total. The number of ether oxygens (including phenoxy) is 1. The summed E-state index contributed by atoms with van der Waals surface area (Å²) in [5.74, 6) is 0.375. The highest BCUT2D eigenvalue weighted by Gasteiger charge is 2.61.